The van der Waals surface area contributed by atoms with Gasteiger partial charge in [0.15, 0.2) is 0 Å². The summed E-state index contributed by atoms with van der Waals surface area (Å²) in [4.78, 5) is 2.37. The number of hydrogen-bond acceptors (Lipinski definition) is 3. The van der Waals surface area contributed by atoms with Crippen molar-refractivity contribution in [3.63, 3.8) is 0 Å². The van der Waals surface area contributed by atoms with Crippen LogP contribution in [0.5, 0.6) is 0 Å². The zero-order valence-corrected chi connectivity index (χ0v) is 24.0. The third-order valence-corrected chi connectivity index (χ3v) is 9.54. The summed E-state index contributed by atoms with van der Waals surface area (Å²) >= 11 is 1.85. The van der Waals surface area contributed by atoms with Crippen molar-refractivity contribution in [2.75, 3.05) is 4.90 Å². The molecule has 0 N–H and O–H groups in total. The van der Waals surface area contributed by atoms with E-state index in [0.29, 0.717) is 0 Å². The maximum Gasteiger partial charge on any atom is 0.136 e. The lowest BCUT2D eigenvalue weighted by Gasteiger charge is -2.26. The van der Waals surface area contributed by atoms with Crippen LogP contribution in [-0.2, 0) is 0 Å². The van der Waals surface area contributed by atoms with Crippen molar-refractivity contribution < 1.29 is 4.42 Å². The van der Waals surface area contributed by atoms with Crippen LogP contribution in [0.4, 0.5) is 17.1 Å². The number of hydrogen-bond donors (Lipinski definition) is 0. The lowest BCUT2D eigenvalue weighted by molar-refractivity contribution is 0.669. The van der Waals surface area contributed by atoms with Crippen molar-refractivity contribution in [1.29, 1.82) is 0 Å². The molecule has 2 nitrogen and oxygen atoms in total. The molecule has 202 valence electrons. The van der Waals surface area contributed by atoms with Gasteiger partial charge < -0.3 is 9.32 Å². The molecule has 0 aliphatic heterocycles. The normalized spacial score (nSPS) is 11.7. The number of rotatable bonds is 4. The van der Waals surface area contributed by atoms with Crippen LogP contribution in [0.2, 0.25) is 0 Å². The first-order valence-corrected chi connectivity index (χ1v) is 15.3. The van der Waals surface area contributed by atoms with Crippen molar-refractivity contribution in [2.45, 2.75) is 0 Å². The predicted molar refractivity (Wildman–Crippen MR) is 184 cm³/mol. The Bertz CT molecular complexity index is 2470. The van der Waals surface area contributed by atoms with E-state index in [4.69, 9.17) is 4.42 Å². The number of benzene rings is 7. The van der Waals surface area contributed by atoms with Gasteiger partial charge >= 0.3 is 0 Å². The van der Waals surface area contributed by atoms with E-state index in [0.717, 1.165) is 44.4 Å². The zero-order valence-electron chi connectivity index (χ0n) is 23.2. The van der Waals surface area contributed by atoms with Gasteiger partial charge in [-0.05, 0) is 82.6 Å². The Hall–Kier alpha value is -5.38. The molecule has 0 spiro atoms. The minimum absolute atomic E-state index is 0.912. The summed E-state index contributed by atoms with van der Waals surface area (Å²) in [5, 5.41) is 7.26. The molecule has 2 aromatic heterocycles. The minimum Gasteiger partial charge on any atom is -0.456 e. The molecule has 0 bridgehead atoms. The molecule has 9 rings (SSSR count). The second-order valence-electron chi connectivity index (χ2n) is 11.0. The van der Waals surface area contributed by atoms with E-state index in [-0.39, 0.29) is 0 Å². The Balaban J connectivity index is 1.25. The van der Waals surface area contributed by atoms with Gasteiger partial charge in [-0.1, -0.05) is 91.0 Å². The molecule has 2 heterocycles. The average Bonchev–Trinajstić information content (AvgIpc) is 3.62. The molecule has 0 radical (unpaired) electrons. The number of fused-ring (bicyclic) bond motifs is 7. The van der Waals surface area contributed by atoms with Gasteiger partial charge in [0.05, 0.1) is 0 Å². The van der Waals surface area contributed by atoms with E-state index in [1.54, 1.807) is 0 Å². The molecule has 43 heavy (non-hydrogen) atoms. The van der Waals surface area contributed by atoms with E-state index in [9.17, 15) is 0 Å². The van der Waals surface area contributed by atoms with Crippen LogP contribution >= 0.6 is 11.3 Å². The fourth-order valence-corrected chi connectivity index (χ4v) is 7.49. The van der Waals surface area contributed by atoms with Crippen molar-refractivity contribution in [2.24, 2.45) is 0 Å². The Morgan fingerprint density at radius 3 is 2.05 bits per heavy atom. The molecule has 3 heteroatoms. The van der Waals surface area contributed by atoms with Crippen LogP contribution in [0, 0.1) is 0 Å². The fraction of sp³-hybridized carbons (Fsp3) is 0. The van der Waals surface area contributed by atoms with Gasteiger partial charge in [0.1, 0.15) is 11.2 Å². The summed E-state index contributed by atoms with van der Waals surface area (Å²) in [5.74, 6) is 0. The van der Waals surface area contributed by atoms with Gasteiger partial charge in [0, 0.05) is 48.0 Å². The monoisotopic (exact) mass is 567 g/mol. The molecule has 9 aromatic rings. The maximum absolute atomic E-state index is 6.26. The molecule has 0 unspecified atom stereocenters. The first kappa shape index (κ1) is 24.2. The summed E-state index contributed by atoms with van der Waals surface area (Å²) in [6.07, 6.45) is 0. The van der Waals surface area contributed by atoms with Crippen molar-refractivity contribution in [3.8, 4) is 11.1 Å². The smallest absolute Gasteiger partial charge is 0.136 e. The summed E-state index contributed by atoms with van der Waals surface area (Å²) in [5.41, 5.74) is 7.58. The largest absolute Gasteiger partial charge is 0.456 e. The maximum atomic E-state index is 6.26. The van der Waals surface area contributed by atoms with Gasteiger partial charge in [-0.15, -0.1) is 11.3 Å². The van der Waals surface area contributed by atoms with E-state index in [2.05, 4.69) is 144 Å². The highest BCUT2D eigenvalue weighted by molar-refractivity contribution is 7.25. The molecular weight excluding hydrogens is 543 g/mol. The minimum atomic E-state index is 0.912. The first-order chi connectivity index (χ1) is 21.3. The van der Waals surface area contributed by atoms with Gasteiger partial charge in [0.25, 0.3) is 0 Å². The van der Waals surface area contributed by atoms with Crippen LogP contribution in [0.1, 0.15) is 0 Å². The Labute approximate surface area is 252 Å². The van der Waals surface area contributed by atoms with Crippen LogP contribution in [0.3, 0.4) is 0 Å². The van der Waals surface area contributed by atoms with Crippen LogP contribution in [0.25, 0.3) is 64.0 Å². The predicted octanol–water partition coefficient (Wildman–Crippen LogP) is 12.2. The lowest BCUT2D eigenvalue weighted by Crippen LogP contribution is -2.10. The van der Waals surface area contributed by atoms with E-state index in [1.807, 2.05) is 23.5 Å². The van der Waals surface area contributed by atoms with Gasteiger partial charge in [-0.25, -0.2) is 0 Å². The molecule has 7 aromatic carbocycles. The Kier molecular flexibility index (Phi) is 5.40. The third-order valence-electron chi connectivity index (χ3n) is 8.41. The summed E-state index contributed by atoms with van der Waals surface area (Å²) in [6, 6.07) is 54.4. The first-order valence-electron chi connectivity index (χ1n) is 14.5. The fourth-order valence-electron chi connectivity index (χ4n) is 6.35. The molecule has 0 aliphatic rings. The van der Waals surface area contributed by atoms with E-state index >= 15 is 0 Å². The summed E-state index contributed by atoms with van der Waals surface area (Å²) < 4.78 is 8.86. The molecule has 0 saturated heterocycles. The molecule has 0 fully saturated rings. The zero-order chi connectivity index (χ0) is 28.3. The number of furan rings is 1. The van der Waals surface area contributed by atoms with Gasteiger partial charge in [-0.2, -0.15) is 0 Å². The number of para-hydroxylation sites is 1. The Morgan fingerprint density at radius 2 is 1.12 bits per heavy atom. The molecule has 0 amide bonds. The highest BCUT2D eigenvalue weighted by Crippen LogP contribution is 2.42. The second kappa shape index (κ2) is 9.59. The summed E-state index contributed by atoms with van der Waals surface area (Å²) in [6.45, 7) is 0. The third kappa shape index (κ3) is 4.01. The highest BCUT2D eigenvalue weighted by atomic mass is 32.1. The topological polar surface area (TPSA) is 16.4 Å². The van der Waals surface area contributed by atoms with Crippen LogP contribution in [0.15, 0.2) is 156 Å². The average molecular weight is 568 g/mol. The number of anilines is 3. The van der Waals surface area contributed by atoms with Crippen molar-refractivity contribution >= 4 is 81.3 Å². The highest BCUT2D eigenvalue weighted by Gasteiger charge is 2.17. The molecule has 0 aliphatic carbocycles. The van der Waals surface area contributed by atoms with E-state index in [1.165, 1.54) is 36.7 Å². The van der Waals surface area contributed by atoms with Crippen molar-refractivity contribution in [1.82, 2.24) is 0 Å². The lowest BCUT2D eigenvalue weighted by atomic mass is 10.0. The number of thiophene rings is 1. The SMILES string of the molecule is c1ccc(-c2cccc(N(c3ccc4cc5c(cc4c3)oc3ccccc35)c3ccc4c(c3)sc3ccccc34)c2)cc1. The second-order valence-corrected chi connectivity index (χ2v) is 12.1. The van der Waals surface area contributed by atoms with E-state index < -0.39 is 0 Å². The Morgan fingerprint density at radius 1 is 0.395 bits per heavy atom. The molecule has 0 saturated carbocycles. The number of nitrogens with zero attached hydrogens (tertiary/aromatic N) is 1. The molecular formula is C40H25NOS. The quantitative estimate of drug-likeness (QED) is 0.210. The standard InChI is InChI=1S/C40H25NOS/c1-2-9-26(10-3-1)27-11-8-12-30(21-27)41(32-19-20-35-34-14-5-7-16-39(34)43-40(35)25-32)31-18-17-28-23-36-33-13-4-6-15-37(33)42-38(36)24-29(28)22-31/h1-25H. The van der Waals surface area contributed by atoms with Crippen LogP contribution in [-0.4, -0.2) is 0 Å². The van der Waals surface area contributed by atoms with Crippen molar-refractivity contribution in [3.05, 3.63) is 152 Å². The van der Waals surface area contributed by atoms with Gasteiger partial charge in [0.2, 0.25) is 0 Å². The summed E-state index contributed by atoms with van der Waals surface area (Å²) in [7, 11) is 0. The molecule has 0 atom stereocenters. The van der Waals surface area contributed by atoms with Crippen LogP contribution < -0.4 is 4.90 Å². The van der Waals surface area contributed by atoms with Gasteiger partial charge in [-0.3, -0.25) is 0 Å².